The lowest BCUT2D eigenvalue weighted by Crippen LogP contribution is -2.49. The summed E-state index contributed by atoms with van der Waals surface area (Å²) in [7, 11) is 0. The zero-order valence-electron chi connectivity index (χ0n) is 14.1. The molecule has 1 heterocycles. The van der Waals surface area contributed by atoms with Crippen LogP contribution in [-0.2, 0) is 10.2 Å². The molecule has 134 valence electrons. The van der Waals surface area contributed by atoms with Crippen LogP contribution in [0, 0.1) is 11.7 Å². The molecule has 0 radical (unpaired) electrons. The quantitative estimate of drug-likeness (QED) is 0.862. The zero-order valence-corrected chi connectivity index (χ0v) is 14.1. The molecule has 2 aliphatic carbocycles. The number of carboxylic acids is 1. The summed E-state index contributed by atoms with van der Waals surface area (Å²) in [6.45, 7) is 0.541. The van der Waals surface area contributed by atoms with Gasteiger partial charge in [0.15, 0.2) is 0 Å². The highest BCUT2D eigenvalue weighted by Gasteiger charge is 2.50. The van der Waals surface area contributed by atoms with E-state index < -0.39 is 5.97 Å². The molecule has 0 saturated heterocycles. The van der Waals surface area contributed by atoms with Crippen molar-refractivity contribution in [1.82, 2.24) is 5.32 Å². The van der Waals surface area contributed by atoms with E-state index in [0.29, 0.717) is 43.5 Å². The number of hydrogen-bond donors (Lipinski definition) is 2. The van der Waals surface area contributed by atoms with Crippen molar-refractivity contribution in [1.29, 1.82) is 0 Å². The van der Waals surface area contributed by atoms with Crippen LogP contribution >= 0.6 is 0 Å². The number of aliphatic carboxylic acids is 1. The van der Waals surface area contributed by atoms with E-state index in [2.05, 4.69) is 5.32 Å². The Morgan fingerprint density at radius 3 is 2.52 bits per heavy atom. The molecule has 0 bridgehead atoms. The van der Waals surface area contributed by atoms with Gasteiger partial charge in [-0.1, -0.05) is 12.5 Å². The van der Waals surface area contributed by atoms with Crippen LogP contribution in [0.25, 0.3) is 0 Å². The van der Waals surface area contributed by atoms with Gasteiger partial charge in [0.2, 0.25) is 0 Å². The van der Waals surface area contributed by atoms with Gasteiger partial charge in [0.25, 0.3) is 0 Å². The van der Waals surface area contributed by atoms with E-state index in [0.717, 1.165) is 19.3 Å². The van der Waals surface area contributed by atoms with Crippen LogP contribution in [-0.4, -0.2) is 29.7 Å². The Bertz CT molecular complexity index is 709. The third-order valence-corrected chi connectivity index (χ3v) is 6.23. The molecule has 1 aromatic rings. The number of urea groups is 1. The Kier molecular flexibility index (Phi) is 3.93. The molecule has 2 amide bonds. The zero-order chi connectivity index (χ0) is 17.6. The maximum Gasteiger partial charge on any atom is 0.322 e. The number of rotatable bonds is 2. The number of carbonyl (C=O) groups excluding carboxylic acids is 1. The molecule has 1 aliphatic heterocycles. The second kappa shape index (κ2) is 6.00. The van der Waals surface area contributed by atoms with E-state index in [4.69, 9.17) is 5.11 Å². The van der Waals surface area contributed by atoms with Crippen LogP contribution in [0.3, 0.4) is 0 Å². The Hall–Kier alpha value is -2.11. The molecule has 6 heteroatoms. The molecule has 2 N–H and O–H groups in total. The Balaban J connectivity index is 1.47. The van der Waals surface area contributed by atoms with Crippen molar-refractivity contribution in [2.24, 2.45) is 5.92 Å². The normalized spacial score (nSPS) is 26.8. The summed E-state index contributed by atoms with van der Waals surface area (Å²) in [6.07, 6.45) is 5.46. The molecule has 1 aromatic carbocycles. The van der Waals surface area contributed by atoms with E-state index in [1.807, 2.05) is 6.07 Å². The molecule has 2 fully saturated rings. The predicted molar refractivity (Wildman–Crippen MR) is 91.2 cm³/mol. The minimum Gasteiger partial charge on any atom is -0.481 e. The topological polar surface area (TPSA) is 69.6 Å². The summed E-state index contributed by atoms with van der Waals surface area (Å²) in [5.74, 6) is -1.26. The van der Waals surface area contributed by atoms with Crippen LogP contribution < -0.4 is 10.2 Å². The maximum atomic E-state index is 14.4. The summed E-state index contributed by atoms with van der Waals surface area (Å²) < 4.78 is 14.4. The minimum atomic E-state index is -0.749. The third kappa shape index (κ3) is 2.68. The number of carbonyl (C=O) groups is 2. The molecular weight excluding hydrogens is 323 g/mol. The molecule has 4 rings (SSSR count). The van der Waals surface area contributed by atoms with Gasteiger partial charge in [0.05, 0.1) is 11.6 Å². The average Bonchev–Trinajstić information content (AvgIpc) is 2.92. The molecule has 2 saturated carbocycles. The van der Waals surface area contributed by atoms with Crippen molar-refractivity contribution in [3.8, 4) is 0 Å². The van der Waals surface area contributed by atoms with E-state index in [1.54, 1.807) is 11.0 Å². The van der Waals surface area contributed by atoms with E-state index >= 15 is 0 Å². The van der Waals surface area contributed by atoms with E-state index in [1.165, 1.54) is 6.07 Å². The van der Waals surface area contributed by atoms with Crippen molar-refractivity contribution in [2.75, 3.05) is 11.4 Å². The maximum absolute atomic E-state index is 14.4. The van der Waals surface area contributed by atoms with Crippen molar-refractivity contribution in [2.45, 2.75) is 56.4 Å². The van der Waals surface area contributed by atoms with E-state index in [-0.39, 0.29) is 29.2 Å². The lowest BCUT2D eigenvalue weighted by molar-refractivity contribution is -0.142. The molecule has 3 aliphatic rings. The van der Waals surface area contributed by atoms with Gasteiger partial charge in [-0.2, -0.15) is 0 Å². The summed E-state index contributed by atoms with van der Waals surface area (Å²) in [5.41, 5.74) is 1.18. The van der Waals surface area contributed by atoms with Crippen molar-refractivity contribution in [3.05, 3.63) is 29.6 Å². The van der Waals surface area contributed by atoms with Crippen LogP contribution in [0.5, 0.6) is 0 Å². The smallest absolute Gasteiger partial charge is 0.322 e. The lowest BCUT2D eigenvalue weighted by atomic mass is 9.65. The van der Waals surface area contributed by atoms with Gasteiger partial charge in [-0.05, 0) is 50.7 Å². The lowest BCUT2D eigenvalue weighted by Gasteiger charge is -2.39. The highest BCUT2D eigenvalue weighted by atomic mass is 19.1. The first kappa shape index (κ1) is 16.4. The summed E-state index contributed by atoms with van der Waals surface area (Å²) >= 11 is 0. The van der Waals surface area contributed by atoms with Gasteiger partial charge in [0.1, 0.15) is 5.82 Å². The Labute approximate surface area is 146 Å². The second-order valence-electron chi connectivity index (χ2n) is 7.69. The molecule has 5 nitrogen and oxygen atoms in total. The fourth-order valence-electron chi connectivity index (χ4n) is 4.66. The standard InChI is InChI=1S/C19H23FN2O3/c20-14-3-1-4-15-16(14)19(9-2-10-19)11-22(15)18(25)21-13-7-5-12(6-8-13)17(23)24/h1,3-4,12-13H,2,5-11H2,(H,21,25)(H,23,24). The molecule has 1 spiro atoms. The largest absolute Gasteiger partial charge is 0.481 e. The summed E-state index contributed by atoms with van der Waals surface area (Å²) in [6, 6.07) is 4.77. The highest BCUT2D eigenvalue weighted by molar-refractivity contribution is 5.95. The van der Waals surface area contributed by atoms with Crippen LogP contribution in [0.1, 0.15) is 50.5 Å². The monoisotopic (exact) mass is 346 g/mol. The first-order valence-electron chi connectivity index (χ1n) is 9.10. The minimum absolute atomic E-state index is 0.00181. The molecule has 0 atom stereocenters. The number of nitrogens with zero attached hydrogens (tertiary/aromatic N) is 1. The first-order chi connectivity index (χ1) is 12.0. The Morgan fingerprint density at radius 1 is 1.20 bits per heavy atom. The predicted octanol–water partition coefficient (Wildman–Crippen LogP) is 3.42. The number of halogens is 1. The summed E-state index contributed by atoms with van der Waals surface area (Å²) in [4.78, 5) is 25.5. The van der Waals surface area contributed by atoms with Crippen LogP contribution in [0.2, 0.25) is 0 Å². The summed E-state index contributed by atoms with van der Waals surface area (Å²) in [5, 5.41) is 12.1. The average molecular weight is 346 g/mol. The van der Waals surface area contributed by atoms with Gasteiger partial charge in [-0.25, -0.2) is 9.18 Å². The van der Waals surface area contributed by atoms with E-state index in [9.17, 15) is 14.0 Å². The number of nitrogens with one attached hydrogen (secondary N) is 1. The first-order valence-corrected chi connectivity index (χ1v) is 9.10. The van der Waals surface area contributed by atoms with Crippen molar-refractivity contribution >= 4 is 17.7 Å². The van der Waals surface area contributed by atoms with Crippen LogP contribution in [0.15, 0.2) is 18.2 Å². The highest BCUT2D eigenvalue weighted by Crippen LogP contribution is 2.53. The fourth-order valence-corrected chi connectivity index (χ4v) is 4.66. The van der Waals surface area contributed by atoms with Gasteiger partial charge in [0, 0.05) is 23.6 Å². The molecule has 0 aromatic heterocycles. The Morgan fingerprint density at radius 2 is 1.92 bits per heavy atom. The second-order valence-corrected chi connectivity index (χ2v) is 7.69. The molecule has 25 heavy (non-hydrogen) atoms. The number of hydrogen-bond acceptors (Lipinski definition) is 2. The molecule has 0 unspecified atom stereocenters. The number of carboxylic acid groups (broad SMARTS) is 1. The number of anilines is 1. The fraction of sp³-hybridized carbons (Fsp3) is 0.579. The van der Waals surface area contributed by atoms with Crippen molar-refractivity contribution in [3.63, 3.8) is 0 Å². The van der Waals surface area contributed by atoms with Crippen molar-refractivity contribution < 1.29 is 19.1 Å². The van der Waals surface area contributed by atoms with Gasteiger partial charge >= 0.3 is 12.0 Å². The number of fused-ring (bicyclic) bond motifs is 2. The number of benzene rings is 1. The van der Waals surface area contributed by atoms with Crippen LogP contribution in [0.4, 0.5) is 14.9 Å². The molecular formula is C19H23FN2O3. The van der Waals surface area contributed by atoms with Gasteiger partial charge in [-0.3, -0.25) is 9.69 Å². The number of amides is 2. The third-order valence-electron chi connectivity index (χ3n) is 6.23. The SMILES string of the molecule is O=C(O)C1CCC(NC(=O)N2CC3(CCC3)c3c(F)cccc32)CC1. The van der Waals surface area contributed by atoms with Gasteiger partial charge in [-0.15, -0.1) is 0 Å². The van der Waals surface area contributed by atoms with Gasteiger partial charge < -0.3 is 10.4 Å².